The normalized spacial score (nSPS) is 11.8. The minimum absolute atomic E-state index is 0.0595. The molecule has 0 saturated carbocycles. The van der Waals surface area contributed by atoms with E-state index in [-0.39, 0.29) is 40.1 Å². The highest BCUT2D eigenvalue weighted by Crippen LogP contribution is 2.37. The van der Waals surface area contributed by atoms with Crippen molar-refractivity contribution in [3.8, 4) is 5.75 Å². The maximum Gasteiger partial charge on any atom is 0.573 e. The standard InChI is InChI=1S/C32H31Cl2F4N9O3/c1-16-40-25(45-44-16)15-46(4)23-13-24-22(12-20(23)28(48)41-18-7-9-19(10-8-18)50-32(36,37)38)42-30(47(24)5)43-27-21(33)11-6-17(26(27)34)14-39-29(49)31(2,3)35/h6-13H,14-15H2,1-5H3,(H,39,49)(H,41,48)(H,42,43)(H,40,44,45). The Morgan fingerprint density at radius 2 is 1.74 bits per heavy atom. The smallest absolute Gasteiger partial charge is 0.406 e. The molecule has 0 bridgehead atoms. The number of alkyl halides is 4. The molecule has 2 heterocycles. The van der Waals surface area contributed by atoms with Crippen LogP contribution in [0.4, 0.5) is 40.6 Å². The predicted molar refractivity (Wildman–Crippen MR) is 182 cm³/mol. The molecule has 0 atom stereocenters. The van der Waals surface area contributed by atoms with Gasteiger partial charge in [-0.15, -0.1) is 13.2 Å². The van der Waals surface area contributed by atoms with Crippen molar-refractivity contribution < 1.29 is 31.9 Å². The molecule has 5 aromatic rings. The number of hydrogen-bond donors (Lipinski definition) is 4. The Morgan fingerprint density at radius 3 is 2.36 bits per heavy atom. The maximum absolute atomic E-state index is 14.0. The fourth-order valence-electron chi connectivity index (χ4n) is 4.88. The van der Waals surface area contributed by atoms with E-state index in [4.69, 9.17) is 23.2 Å². The van der Waals surface area contributed by atoms with Crippen LogP contribution in [-0.4, -0.2) is 55.6 Å². The molecule has 2 aromatic heterocycles. The number of anilines is 4. The van der Waals surface area contributed by atoms with Crippen LogP contribution in [0.2, 0.25) is 10.0 Å². The van der Waals surface area contributed by atoms with Crippen LogP contribution in [0.5, 0.6) is 5.75 Å². The molecular formula is C32H31Cl2F4N9O3. The zero-order chi connectivity index (χ0) is 36.5. The number of nitrogens with one attached hydrogen (secondary N) is 4. The van der Waals surface area contributed by atoms with Gasteiger partial charge in [0.1, 0.15) is 11.6 Å². The molecule has 0 aliphatic heterocycles. The number of amides is 2. The number of fused-ring (bicyclic) bond motifs is 1. The zero-order valence-electron chi connectivity index (χ0n) is 27.3. The van der Waals surface area contributed by atoms with Crippen molar-refractivity contribution in [1.82, 2.24) is 30.0 Å². The molecule has 0 radical (unpaired) electrons. The molecular weight excluding hydrogens is 705 g/mol. The van der Waals surface area contributed by atoms with Crippen LogP contribution in [-0.2, 0) is 24.9 Å². The lowest BCUT2D eigenvalue weighted by Crippen LogP contribution is -2.38. The van der Waals surface area contributed by atoms with Gasteiger partial charge in [0, 0.05) is 26.3 Å². The number of nitrogens with zero attached hydrogens (tertiary/aromatic N) is 5. The van der Waals surface area contributed by atoms with Crippen molar-refractivity contribution in [1.29, 1.82) is 0 Å². The van der Waals surface area contributed by atoms with Crippen LogP contribution in [0.25, 0.3) is 11.0 Å². The Labute approximate surface area is 293 Å². The van der Waals surface area contributed by atoms with Crippen molar-refractivity contribution in [2.45, 2.75) is 45.9 Å². The summed E-state index contributed by atoms with van der Waals surface area (Å²) < 4.78 is 57.5. The summed E-state index contributed by atoms with van der Waals surface area (Å²) in [6.07, 6.45) is -4.86. The highest BCUT2D eigenvalue weighted by Gasteiger charge is 2.31. The lowest BCUT2D eigenvalue weighted by molar-refractivity contribution is -0.274. The molecule has 0 aliphatic rings. The van der Waals surface area contributed by atoms with E-state index in [2.05, 4.69) is 40.9 Å². The fraction of sp³-hybridized carbons (Fsp3) is 0.281. The van der Waals surface area contributed by atoms with Crippen molar-refractivity contribution in [2.75, 3.05) is 22.6 Å². The Bertz CT molecular complexity index is 2060. The van der Waals surface area contributed by atoms with Crippen LogP contribution in [0, 0.1) is 6.92 Å². The Morgan fingerprint density at radius 1 is 1.04 bits per heavy atom. The van der Waals surface area contributed by atoms with Gasteiger partial charge in [-0.3, -0.25) is 14.7 Å². The molecule has 0 aliphatic carbocycles. The number of aromatic amines is 1. The number of carbonyl (C=O) groups is 2. The third-order valence-electron chi connectivity index (χ3n) is 7.41. The second-order valence-corrected chi connectivity index (χ2v) is 12.5. The van der Waals surface area contributed by atoms with E-state index in [1.807, 2.05) is 0 Å². The van der Waals surface area contributed by atoms with Crippen LogP contribution in [0.1, 0.15) is 41.4 Å². The average molecular weight is 737 g/mol. The summed E-state index contributed by atoms with van der Waals surface area (Å²) in [5.74, 6) is -0.434. The number of imidazole rings is 1. The number of carbonyl (C=O) groups excluding carboxylic acids is 2. The Hall–Kier alpha value is -5.09. The summed E-state index contributed by atoms with van der Waals surface area (Å²) in [7, 11) is 3.48. The van der Waals surface area contributed by atoms with Crippen molar-refractivity contribution >= 4 is 69.1 Å². The topological polar surface area (TPSA) is 142 Å². The molecule has 12 nitrogen and oxygen atoms in total. The number of aryl methyl sites for hydroxylation is 2. The lowest BCUT2D eigenvalue weighted by atomic mass is 10.1. The number of ether oxygens (including phenoxy) is 1. The summed E-state index contributed by atoms with van der Waals surface area (Å²) in [6.45, 7) is 4.20. The van der Waals surface area contributed by atoms with Crippen LogP contribution >= 0.6 is 23.2 Å². The first kappa shape index (κ1) is 36.2. The quantitative estimate of drug-likeness (QED) is 0.104. The van der Waals surface area contributed by atoms with Crippen LogP contribution in [0.3, 0.4) is 0 Å². The van der Waals surface area contributed by atoms with Crippen molar-refractivity contribution in [3.05, 3.63) is 81.4 Å². The average Bonchev–Trinajstić information content (AvgIpc) is 3.58. The number of benzene rings is 3. The highest BCUT2D eigenvalue weighted by atomic mass is 35.5. The first-order chi connectivity index (χ1) is 23.4. The minimum Gasteiger partial charge on any atom is -0.406 e. The maximum atomic E-state index is 14.0. The van der Waals surface area contributed by atoms with Gasteiger partial charge in [-0.2, -0.15) is 5.10 Å². The minimum atomic E-state index is -4.86. The predicted octanol–water partition coefficient (Wildman–Crippen LogP) is 7.20. The van der Waals surface area contributed by atoms with E-state index >= 15 is 0 Å². The molecule has 0 spiro atoms. The number of hydrogen-bond acceptors (Lipinski definition) is 8. The summed E-state index contributed by atoms with van der Waals surface area (Å²) in [5.41, 5.74) is 0.559. The fourth-order valence-corrected chi connectivity index (χ4v) is 5.41. The third kappa shape index (κ3) is 8.37. The summed E-state index contributed by atoms with van der Waals surface area (Å²) in [6, 6.07) is 11.2. The monoisotopic (exact) mass is 735 g/mol. The molecule has 0 fully saturated rings. The molecule has 5 rings (SSSR count). The molecule has 18 heteroatoms. The van der Waals surface area contributed by atoms with E-state index in [0.717, 1.165) is 26.0 Å². The van der Waals surface area contributed by atoms with E-state index in [1.54, 1.807) is 54.8 Å². The van der Waals surface area contributed by atoms with Crippen molar-refractivity contribution in [2.24, 2.45) is 7.05 Å². The largest absolute Gasteiger partial charge is 0.573 e. The van der Waals surface area contributed by atoms with Gasteiger partial charge in [0.05, 0.1) is 44.6 Å². The number of rotatable bonds is 11. The lowest BCUT2D eigenvalue weighted by Gasteiger charge is -2.21. The Balaban J connectivity index is 1.49. The third-order valence-corrected chi connectivity index (χ3v) is 8.16. The molecule has 2 amide bonds. The molecule has 0 unspecified atom stereocenters. The first-order valence-electron chi connectivity index (χ1n) is 14.9. The summed E-state index contributed by atoms with van der Waals surface area (Å²) >= 11 is 13.2. The van der Waals surface area contributed by atoms with E-state index < -0.39 is 29.6 Å². The zero-order valence-corrected chi connectivity index (χ0v) is 28.8. The summed E-state index contributed by atoms with van der Waals surface area (Å²) in [5, 5.41) is 15.7. The second kappa shape index (κ2) is 14.0. The van der Waals surface area contributed by atoms with E-state index in [9.17, 15) is 27.2 Å². The van der Waals surface area contributed by atoms with Gasteiger partial charge in [-0.25, -0.2) is 14.4 Å². The van der Waals surface area contributed by atoms with Gasteiger partial charge < -0.3 is 30.2 Å². The highest BCUT2D eigenvalue weighted by molar-refractivity contribution is 6.39. The van der Waals surface area contributed by atoms with Gasteiger partial charge in [0.15, 0.2) is 11.5 Å². The van der Waals surface area contributed by atoms with Crippen LogP contribution < -0.4 is 25.6 Å². The molecule has 4 N–H and O–H groups in total. The van der Waals surface area contributed by atoms with Gasteiger partial charge in [0.25, 0.3) is 11.8 Å². The first-order valence-corrected chi connectivity index (χ1v) is 15.6. The number of H-pyrrole nitrogens is 1. The van der Waals surface area contributed by atoms with Gasteiger partial charge in [-0.1, -0.05) is 29.3 Å². The molecule has 50 heavy (non-hydrogen) atoms. The Kier molecular flexibility index (Phi) is 10.2. The van der Waals surface area contributed by atoms with E-state index in [1.165, 1.54) is 12.1 Å². The van der Waals surface area contributed by atoms with Gasteiger partial charge in [-0.05, 0) is 68.8 Å². The van der Waals surface area contributed by atoms with Crippen LogP contribution in [0.15, 0.2) is 48.5 Å². The molecule has 0 saturated heterocycles. The number of halogens is 6. The molecule has 264 valence electrons. The van der Waals surface area contributed by atoms with Gasteiger partial charge in [0.2, 0.25) is 5.95 Å². The molecule has 3 aromatic carbocycles. The summed E-state index contributed by atoms with van der Waals surface area (Å²) in [4.78, 5) is 36.6. The second-order valence-electron chi connectivity index (χ2n) is 11.7. The van der Waals surface area contributed by atoms with Crippen molar-refractivity contribution in [3.63, 3.8) is 0 Å². The SMILES string of the molecule is Cc1nc(CN(C)c2cc3c(cc2C(=O)Nc2ccc(OC(F)(F)F)cc2)nc(Nc2c(Cl)ccc(CNC(=O)C(C)(C)F)c2Cl)n3C)n[nH]1. The van der Waals surface area contributed by atoms with E-state index in [0.29, 0.717) is 39.9 Å². The number of aromatic nitrogens is 5. The van der Waals surface area contributed by atoms with Gasteiger partial charge >= 0.3 is 6.36 Å².